The van der Waals surface area contributed by atoms with Gasteiger partial charge in [0.2, 0.25) is 0 Å². The van der Waals surface area contributed by atoms with E-state index in [1.807, 2.05) is 54.6 Å². The Bertz CT molecular complexity index is 1800. The number of rotatable bonds is 18. The van der Waals surface area contributed by atoms with Crippen LogP contribution in [0.15, 0.2) is 109 Å². The summed E-state index contributed by atoms with van der Waals surface area (Å²) in [6, 6.07) is 32.8. The van der Waals surface area contributed by atoms with E-state index in [2.05, 4.69) is 19.9 Å². The molecule has 0 aliphatic carbocycles. The molecule has 0 radical (unpaired) electrons. The number of carboxylic acids is 1. The van der Waals surface area contributed by atoms with E-state index in [9.17, 15) is 14.3 Å². The van der Waals surface area contributed by atoms with E-state index in [1.165, 1.54) is 18.2 Å². The average molecular weight is 663 g/mol. The van der Waals surface area contributed by atoms with Gasteiger partial charge < -0.3 is 24.1 Å². The molecular weight excluding hydrogens is 619 g/mol. The van der Waals surface area contributed by atoms with Gasteiger partial charge in [0, 0.05) is 17.2 Å². The lowest BCUT2D eigenvalue weighted by Gasteiger charge is -2.18. The molecule has 7 heteroatoms. The Morgan fingerprint density at radius 1 is 0.673 bits per heavy atom. The van der Waals surface area contributed by atoms with E-state index in [0.717, 1.165) is 77.8 Å². The maximum Gasteiger partial charge on any atom is 0.339 e. The van der Waals surface area contributed by atoms with Gasteiger partial charge >= 0.3 is 5.97 Å². The molecule has 1 N–H and O–H groups in total. The topological polar surface area (TPSA) is 74.2 Å². The number of ether oxygens (including phenoxy) is 4. The van der Waals surface area contributed by atoms with Crippen LogP contribution in [0.1, 0.15) is 66.6 Å². The Balaban J connectivity index is 1.18. The lowest BCUT2D eigenvalue weighted by atomic mass is 9.99. The predicted molar refractivity (Wildman–Crippen MR) is 191 cm³/mol. The molecule has 6 nitrogen and oxygen atoms in total. The molecule has 0 amide bonds. The fourth-order valence-corrected chi connectivity index (χ4v) is 5.60. The Kier molecular flexibility index (Phi) is 12.7. The Morgan fingerprint density at radius 2 is 1.35 bits per heavy atom. The van der Waals surface area contributed by atoms with Crippen molar-refractivity contribution >= 4 is 5.97 Å². The number of carboxylic acid groups (broad SMARTS) is 1. The number of hydrogen-bond donors (Lipinski definition) is 1. The van der Waals surface area contributed by atoms with E-state index in [4.69, 9.17) is 18.9 Å². The SMILES string of the molecule is CCCc1c(OCCCCCOc2cc(OCc3ccccc3)c(-c3ccc(F)cc3)cc2CC)cccc1Oc1ccccc1C(=O)O. The molecule has 0 heterocycles. The molecule has 5 rings (SSSR count). The van der Waals surface area contributed by atoms with Gasteiger partial charge in [0.15, 0.2) is 0 Å². The number of hydrogen-bond acceptors (Lipinski definition) is 5. The second-order valence-corrected chi connectivity index (χ2v) is 11.7. The van der Waals surface area contributed by atoms with Crippen LogP contribution in [0, 0.1) is 5.82 Å². The van der Waals surface area contributed by atoms with E-state index in [1.54, 1.807) is 30.3 Å². The zero-order valence-electron chi connectivity index (χ0n) is 28.1. The van der Waals surface area contributed by atoms with Crippen molar-refractivity contribution in [3.8, 4) is 39.9 Å². The lowest BCUT2D eigenvalue weighted by molar-refractivity contribution is 0.0694. The molecule has 0 aliphatic rings. The number of para-hydroxylation sites is 1. The minimum atomic E-state index is -1.03. The van der Waals surface area contributed by atoms with Crippen LogP contribution >= 0.6 is 0 Å². The summed E-state index contributed by atoms with van der Waals surface area (Å²) >= 11 is 0. The third-order valence-corrected chi connectivity index (χ3v) is 8.17. The minimum absolute atomic E-state index is 0.115. The second-order valence-electron chi connectivity index (χ2n) is 11.7. The molecule has 0 saturated heterocycles. The maximum absolute atomic E-state index is 13.7. The molecule has 0 atom stereocenters. The van der Waals surface area contributed by atoms with Crippen molar-refractivity contribution in [2.45, 2.75) is 59.0 Å². The molecule has 0 aromatic heterocycles. The van der Waals surface area contributed by atoms with Crippen LogP contribution in [0.2, 0.25) is 0 Å². The van der Waals surface area contributed by atoms with Crippen molar-refractivity contribution in [1.82, 2.24) is 0 Å². The number of benzene rings is 5. The van der Waals surface area contributed by atoms with Gasteiger partial charge in [0.05, 0.1) is 13.2 Å². The van der Waals surface area contributed by atoms with Gasteiger partial charge in [-0.1, -0.05) is 80.9 Å². The summed E-state index contributed by atoms with van der Waals surface area (Å²) in [4.78, 5) is 11.7. The van der Waals surface area contributed by atoms with Crippen LogP contribution in [0.5, 0.6) is 28.7 Å². The zero-order valence-corrected chi connectivity index (χ0v) is 28.1. The lowest BCUT2D eigenvalue weighted by Crippen LogP contribution is -2.05. The first-order valence-electron chi connectivity index (χ1n) is 16.9. The van der Waals surface area contributed by atoms with Gasteiger partial charge in [-0.25, -0.2) is 9.18 Å². The van der Waals surface area contributed by atoms with Crippen LogP contribution in [0.25, 0.3) is 11.1 Å². The third kappa shape index (κ3) is 9.63. The highest BCUT2D eigenvalue weighted by Gasteiger charge is 2.17. The van der Waals surface area contributed by atoms with Gasteiger partial charge in [0.25, 0.3) is 0 Å². The van der Waals surface area contributed by atoms with Crippen molar-refractivity contribution in [3.63, 3.8) is 0 Å². The summed E-state index contributed by atoms with van der Waals surface area (Å²) in [6.45, 7) is 5.68. The van der Waals surface area contributed by atoms with Crippen LogP contribution in [0.4, 0.5) is 4.39 Å². The van der Waals surface area contributed by atoms with Gasteiger partial charge in [-0.2, -0.15) is 0 Å². The molecule has 0 unspecified atom stereocenters. The summed E-state index contributed by atoms with van der Waals surface area (Å²) in [6.07, 6.45) is 5.02. The second kappa shape index (κ2) is 17.7. The van der Waals surface area contributed by atoms with Gasteiger partial charge in [-0.05, 0) is 91.3 Å². The molecule has 49 heavy (non-hydrogen) atoms. The Labute approximate surface area is 288 Å². The summed E-state index contributed by atoms with van der Waals surface area (Å²) in [5, 5.41) is 9.57. The molecule has 0 saturated carbocycles. The minimum Gasteiger partial charge on any atom is -0.493 e. The Hall–Kier alpha value is -5.30. The van der Waals surface area contributed by atoms with E-state index >= 15 is 0 Å². The van der Waals surface area contributed by atoms with Crippen molar-refractivity contribution in [1.29, 1.82) is 0 Å². The normalized spacial score (nSPS) is 10.8. The van der Waals surface area contributed by atoms with Crippen molar-refractivity contribution in [3.05, 3.63) is 137 Å². The smallest absolute Gasteiger partial charge is 0.339 e. The number of aromatic carboxylic acids is 1. The number of unbranched alkanes of at least 4 members (excludes halogenated alkanes) is 2. The summed E-state index contributed by atoms with van der Waals surface area (Å²) in [5.41, 5.74) is 4.95. The largest absolute Gasteiger partial charge is 0.493 e. The standard InChI is InChI=1S/C42H43FO6/c1-3-14-34-37(19-13-20-38(34)49-39-18-10-9-17-35(39)42(44)45)46-25-11-6-12-26-47-40-28-41(48-29-30-15-7-5-8-16-30)36(27-31(40)4-2)32-21-23-33(43)24-22-32/h5,7-10,13,15-24,27-28H,3-4,6,11-12,14,25-26,29H2,1-2H3,(H,44,45). The number of carbonyl (C=O) groups is 1. The monoisotopic (exact) mass is 662 g/mol. The highest BCUT2D eigenvalue weighted by atomic mass is 19.1. The summed E-state index contributed by atoms with van der Waals surface area (Å²) in [5.74, 6) is 1.82. The van der Waals surface area contributed by atoms with E-state index in [0.29, 0.717) is 37.1 Å². The molecule has 0 spiro atoms. The summed E-state index contributed by atoms with van der Waals surface area (Å²) in [7, 11) is 0. The van der Waals surface area contributed by atoms with Crippen LogP contribution in [-0.2, 0) is 19.4 Å². The van der Waals surface area contributed by atoms with Crippen molar-refractivity contribution in [2.24, 2.45) is 0 Å². The zero-order chi connectivity index (χ0) is 34.4. The highest BCUT2D eigenvalue weighted by molar-refractivity contribution is 5.91. The first-order valence-corrected chi connectivity index (χ1v) is 16.9. The molecule has 0 fully saturated rings. The maximum atomic E-state index is 13.7. The van der Waals surface area contributed by atoms with Crippen LogP contribution in [0.3, 0.4) is 0 Å². The van der Waals surface area contributed by atoms with E-state index in [-0.39, 0.29) is 11.4 Å². The summed E-state index contributed by atoms with van der Waals surface area (Å²) < 4.78 is 38.6. The number of aryl methyl sites for hydroxylation is 1. The van der Waals surface area contributed by atoms with Gasteiger partial charge in [0.1, 0.15) is 46.7 Å². The fraction of sp³-hybridized carbons (Fsp3) is 0.262. The van der Waals surface area contributed by atoms with Crippen molar-refractivity contribution in [2.75, 3.05) is 13.2 Å². The van der Waals surface area contributed by atoms with Crippen LogP contribution in [-0.4, -0.2) is 24.3 Å². The molecule has 5 aromatic rings. The van der Waals surface area contributed by atoms with Crippen LogP contribution < -0.4 is 18.9 Å². The fourth-order valence-electron chi connectivity index (χ4n) is 5.60. The molecule has 5 aromatic carbocycles. The molecular formula is C42H43FO6. The predicted octanol–water partition coefficient (Wildman–Crippen LogP) is 10.7. The third-order valence-electron chi connectivity index (χ3n) is 8.17. The van der Waals surface area contributed by atoms with Gasteiger partial charge in [-0.15, -0.1) is 0 Å². The number of halogens is 1. The molecule has 0 bridgehead atoms. The quantitative estimate of drug-likeness (QED) is 0.0942. The molecule has 254 valence electrons. The first kappa shape index (κ1) is 35.0. The van der Waals surface area contributed by atoms with Crippen molar-refractivity contribution < 1.29 is 33.2 Å². The van der Waals surface area contributed by atoms with Gasteiger partial charge in [-0.3, -0.25) is 0 Å². The first-order chi connectivity index (χ1) is 24.0. The Morgan fingerprint density at radius 3 is 2.06 bits per heavy atom. The highest BCUT2D eigenvalue weighted by Crippen LogP contribution is 2.38. The molecule has 0 aliphatic heterocycles. The van der Waals surface area contributed by atoms with E-state index < -0.39 is 5.97 Å². The average Bonchev–Trinajstić information content (AvgIpc) is 3.12.